The quantitative estimate of drug-likeness (QED) is 0.714. The van der Waals surface area contributed by atoms with Crippen LogP contribution in [0, 0.1) is 5.92 Å². The molecule has 0 saturated carbocycles. The molecule has 0 amide bonds. The van der Waals surface area contributed by atoms with Gasteiger partial charge in [-0.25, -0.2) is 0 Å². The molecule has 112 valence electrons. The second kappa shape index (κ2) is 8.19. The second-order valence-corrected chi connectivity index (χ2v) is 5.88. The molecular weight excluding hydrogens is 272 g/mol. The summed E-state index contributed by atoms with van der Waals surface area (Å²) in [5.74, 6) is 1.19. The van der Waals surface area contributed by atoms with Crippen molar-refractivity contribution in [3.05, 3.63) is 29.8 Å². The second-order valence-electron chi connectivity index (χ2n) is 5.44. The lowest BCUT2D eigenvalue weighted by Crippen LogP contribution is -2.35. The van der Waals surface area contributed by atoms with Gasteiger partial charge in [-0.15, -0.1) is 0 Å². The summed E-state index contributed by atoms with van der Waals surface area (Å²) in [4.78, 5) is 2.39. The Balaban J connectivity index is 2.49. The number of aliphatic hydroxyl groups excluding tert-OH is 1. The Morgan fingerprint density at radius 1 is 1.35 bits per heavy atom. The number of para-hydroxylation sites is 1. The van der Waals surface area contributed by atoms with Crippen LogP contribution in [0.1, 0.15) is 19.4 Å². The number of benzene rings is 1. The lowest BCUT2D eigenvalue weighted by atomic mass is 10.2. The van der Waals surface area contributed by atoms with Crippen molar-refractivity contribution in [1.82, 2.24) is 4.90 Å². The van der Waals surface area contributed by atoms with Crippen LogP contribution in [-0.2, 0) is 0 Å². The van der Waals surface area contributed by atoms with Crippen LogP contribution < -0.4 is 10.5 Å². The molecule has 0 spiro atoms. The van der Waals surface area contributed by atoms with E-state index in [0.29, 0.717) is 28.8 Å². The van der Waals surface area contributed by atoms with Crippen molar-refractivity contribution in [3.8, 4) is 5.75 Å². The van der Waals surface area contributed by atoms with E-state index in [9.17, 15) is 5.11 Å². The van der Waals surface area contributed by atoms with Crippen LogP contribution in [0.3, 0.4) is 0 Å². The van der Waals surface area contributed by atoms with E-state index in [4.69, 9.17) is 22.7 Å². The molecule has 20 heavy (non-hydrogen) atoms. The largest absolute Gasteiger partial charge is 0.490 e. The Kier molecular flexibility index (Phi) is 6.91. The highest BCUT2D eigenvalue weighted by Gasteiger charge is 2.12. The molecule has 0 fully saturated rings. The number of hydrogen-bond donors (Lipinski definition) is 2. The first kappa shape index (κ1) is 16.9. The van der Waals surface area contributed by atoms with Crippen molar-refractivity contribution in [2.24, 2.45) is 11.7 Å². The fourth-order valence-electron chi connectivity index (χ4n) is 2.09. The molecule has 1 rings (SSSR count). The number of hydrogen-bond acceptors (Lipinski definition) is 4. The Hall–Kier alpha value is -1.17. The van der Waals surface area contributed by atoms with Crippen LogP contribution in [0.4, 0.5) is 0 Å². The molecule has 0 bridgehead atoms. The summed E-state index contributed by atoms with van der Waals surface area (Å²) in [7, 11) is 1.99. The standard InChI is InChI=1S/C15H24N2O2S/c1-11(2)8-17(3)9-12(18)10-19-14-7-5-4-6-13(14)15(16)20/h4-7,11-12,18H,8-10H2,1-3H3,(H2,16,20). The van der Waals surface area contributed by atoms with Crippen LogP contribution in [0.2, 0.25) is 0 Å². The normalized spacial score (nSPS) is 12.7. The number of nitrogens with zero attached hydrogens (tertiary/aromatic N) is 1. The van der Waals surface area contributed by atoms with E-state index in [1.165, 1.54) is 0 Å². The molecule has 1 unspecified atom stereocenters. The molecule has 5 heteroatoms. The van der Waals surface area contributed by atoms with Crippen molar-refractivity contribution in [1.29, 1.82) is 0 Å². The lowest BCUT2D eigenvalue weighted by molar-refractivity contribution is 0.0732. The summed E-state index contributed by atoms with van der Waals surface area (Å²) in [6, 6.07) is 7.33. The zero-order chi connectivity index (χ0) is 15.1. The minimum Gasteiger partial charge on any atom is -0.490 e. The van der Waals surface area contributed by atoms with Crippen LogP contribution in [0.5, 0.6) is 5.75 Å². The Morgan fingerprint density at radius 3 is 2.60 bits per heavy atom. The average molecular weight is 296 g/mol. The van der Waals surface area contributed by atoms with Gasteiger partial charge in [0.25, 0.3) is 0 Å². The van der Waals surface area contributed by atoms with Gasteiger partial charge in [-0.05, 0) is 25.1 Å². The molecule has 0 aliphatic heterocycles. The van der Waals surface area contributed by atoms with Crippen molar-refractivity contribution < 1.29 is 9.84 Å². The maximum absolute atomic E-state index is 9.99. The van der Waals surface area contributed by atoms with Gasteiger partial charge < -0.3 is 20.5 Å². The molecule has 0 aromatic heterocycles. The minimum absolute atomic E-state index is 0.224. The maximum Gasteiger partial charge on any atom is 0.129 e. The average Bonchev–Trinajstić information content (AvgIpc) is 2.35. The summed E-state index contributed by atoms with van der Waals surface area (Å²) in [5, 5.41) is 9.99. The van der Waals surface area contributed by atoms with E-state index >= 15 is 0 Å². The van der Waals surface area contributed by atoms with Crippen molar-refractivity contribution in [3.63, 3.8) is 0 Å². The summed E-state index contributed by atoms with van der Waals surface area (Å²) < 4.78 is 5.62. The number of thiocarbonyl (C=S) groups is 1. The summed E-state index contributed by atoms with van der Waals surface area (Å²) in [6.45, 7) is 6.05. The van der Waals surface area contributed by atoms with Gasteiger partial charge in [0.05, 0.1) is 5.56 Å². The van der Waals surface area contributed by atoms with Gasteiger partial charge in [0.15, 0.2) is 0 Å². The van der Waals surface area contributed by atoms with Crippen LogP contribution in [0.25, 0.3) is 0 Å². The van der Waals surface area contributed by atoms with Gasteiger partial charge in [0, 0.05) is 13.1 Å². The fourth-order valence-corrected chi connectivity index (χ4v) is 2.26. The first-order chi connectivity index (χ1) is 9.40. The predicted molar refractivity (Wildman–Crippen MR) is 86.2 cm³/mol. The third kappa shape index (κ3) is 5.86. The molecule has 1 aromatic rings. The highest BCUT2D eigenvalue weighted by molar-refractivity contribution is 7.80. The Bertz CT molecular complexity index is 438. The number of ether oxygens (including phenoxy) is 1. The van der Waals surface area contributed by atoms with Gasteiger partial charge in [-0.2, -0.15) is 0 Å². The van der Waals surface area contributed by atoms with Crippen LogP contribution in [-0.4, -0.2) is 47.8 Å². The topological polar surface area (TPSA) is 58.7 Å². The zero-order valence-electron chi connectivity index (χ0n) is 12.4. The molecule has 0 aliphatic carbocycles. The number of rotatable bonds is 8. The van der Waals surface area contributed by atoms with E-state index in [1.807, 2.05) is 25.2 Å². The lowest BCUT2D eigenvalue weighted by Gasteiger charge is -2.22. The highest BCUT2D eigenvalue weighted by atomic mass is 32.1. The smallest absolute Gasteiger partial charge is 0.129 e. The predicted octanol–water partition coefficient (Wildman–Crippen LogP) is 1.65. The molecule has 4 nitrogen and oxygen atoms in total. The van der Waals surface area contributed by atoms with Gasteiger partial charge >= 0.3 is 0 Å². The molecule has 3 N–H and O–H groups in total. The van der Waals surface area contributed by atoms with Gasteiger partial charge in [-0.3, -0.25) is 0 Å². The maximum atomic E-state index is 9.99. The first-order valence-electron chi connectivity index (χ1n) is 6.78. The third-order valence-electron chi connectivity index (χ3n) is 2.78. The summed E-state index contributed by atoms with van der Waals surface area (Å²) >= 11 is 4.97. The van der Waals surface area contributed by atoms with Gasteiger partial charge in [0.2, 0.25) is 0 Å². The van der Waals surface area contributed by atoms with E-state index in [2.05, 4.69) is 18.7 Å². The molecule has 0 aliphatic rings. The van der Waals surface area contributed by atoms with Gasteiger partial charge in [-0.1, -0.05) is 38.2 Å². The zero-order valence-corrected chi connectivity index (χ0v) is 13.2. The highest BCUT2D eigenvalue weighted by Crippen LogP contribution is 2.17. The van der Waals surface area contributed by atoms with E-state index in [-0.39, 0.29) is 6.61 Å². The first-order valence-corrected chi connectivity index (χ1v) is 7.19. The van der Waals surface area contributed by atoms with Gasteiger partial charge in [0.1, 0.15) is 23.4 Å². The van der Waals surface area contributed by atoms with E-state index in [1.54, 1.807) is 6.07 Å². The van der Waals surface area contributed by atoms with E-state index in [0.717, 1.165) is 6.54 Å². The Morgan fingerprint density at radius 2 is 2.00 bits per heavy atom. The summed E-state index contributed by atoms with van der Waals surface area (Å²) in [5.41, 5.74) is 6.34. The Labute approximate surface area is 126 Å². The molecule has 0 saturated heterocycles. The number of aliphatic hydroxyl groups is 1. The van der Waals surface area contributed by atoms with Crippen LogP contribution >= 0.6 is 12.2 Å². The number of nitrogens with two attached hydrogens (primary N) is 1. The van der Waals surface area contributed by atoms with Crippen molar-refractivity contribution in [2.75, 3.05) is 26.7 Å². The molecular formula is C15H24N2O2S. The molecule has 0 heterocycles. The molecule has 1 atom stereocenters. The molecule has 1 aromatic carbocycles. The SMILES string of the molecule is CC(C)CN(C)CC(O)COc1ccccc1C(N)=S. The molecule has 0 radical (unpaired) electrons. The van der Waals surface area contributed by atoms with Crippen molar-refractivity contribution in [2.45, 2.75) is 20.0 Å². The fraction of sp³-hybridized carbons (Fsp3) is 0.533. The van der Waals surface area contributed by atoms with Crippen molar-refractivity contribution >= 4 is 17.2 Å². The summed E-state index contributed by atoms with van der Waals surface area (Å²) in [6.07, 6.45) is -0.543. The van der Waals surface area contributed by atoms with Crippen LogP contribution in [0.15, 0.2) is 24.3 Å². The van der Waals surface area contributed by atoms with E-state index < -0.39 is 6.10 Å². The monoisotopic (exact) mass is 296 g/mol. The third-order valence-corrected chi connectivity index (χ3v) is 3.00. The minimum atomic E-state index is -0.543. The number of likely N-dealkylation sites (N-methyl/N-ethyl adjacent to an activating group) is 1.